The van der Waals surface area contributed by atoms with E-state index >= 15 is 0 Å². The van der Waals surface area contributed by atoms with Crippen LogP contribution in [0.15, 0.2) is 0 Å². The van der Waals surface area contributed by atoms with Gasteiger partial charge in [-0.2, -0.15) is 0 Å². The van der Waals surface area contributed by atoms with Crippen molar-refractivity contribution in [3.8, 4) is 0 Å². The molecule has 1 atom stereocenters. The maximum Gasteiger partial charge on any atom is 0.243 e. The van der Waals surface area contributed by atoms with E-state index in [1.54, 1.807) is 0 Å². The van der Waals surface area contributed by atoms with E-state index in [1.165, 1.54) is 4.90 Å². The van der Waals surface area contributed by atoms with Crippen molar-refractivity contribution >= 4 is 11.8 Å². The summed E-state index contributed by atoms with van der Waals surface area (Å²) in [5.41, 5.74) is 0. The molecule has 0 aromatic rings. The second-order valence-electron chi connectivity index (χ2n) is 4.42. The Kier molecular flexibility index (Phi) is 4.09. The van der Waals surface area contributed by atoms with Crippen LogP contribution in [0.25, 0.3) is 0 Å². The molecule has 2 saturated heterocycles. The van der Waals surface area contributed by atoms with Crippen LogP contribution in [0.1, 0.15) is 12.8 Å². The van der Waals surface area contributed by atoms with Crippen LogP contribution in [-0.2, 0) is 14.3 Å². The Labute approximate surface area is 100 Å². The molecule has 0 spiro atoms. The highest BCUT2D eigenvalue weighted by molar-refractivity contribution is 5.97. The second kappa shape index (κ2) is 5.57. The van der Waals surface area contributed by atoms with Gasteiger partial charge in [-0.3, -0.25) is 19.4 Å². The number of hydrogen-bond donors (Lipinski definition) is 1. The number of likely N-dealkylation sites (tertiary alicyclic amines) is 1. The maximum absolute atomic E-state index is 11.9. The molecule has 6 nitrogen and oxygen atoms in total. The first-order valence-electron chi connectivity index (χ1n) is 5.98. The minimum absolute atomic E-state index is 0.0266. The van der Waals surface area contributed by atoms with Crippen LogP contribution in [0.4, 0.5) is 0 Å². The molecule has 6 heteroatoms. The number of ether oxygens (including phenoxy) is 1. The van der Waals surface area contributed by atoms with E-state index in [0.29, 0.717) is 32.7 Å². The number of nitrogens with zero attached hydrogens (tertiary/aromatic N) is 2. The van der Waals surface area contributed by atoms with Crippen molar-refractivity contribution in [1.29, 1.82) is 0 Å². The average molecular weight is 242 g/mol. The van der Waals surface area contributed by atoms with Crippen molar-refractivity contribution in [1.82, 2.24) is 9.80 Å². The molecule has 2 rings (SSSR count). The topological polar surface area (TPSA) is 70.1 Å². The van der Waals surface area contributed by atoms with Gasteiger partial charge in [0, 0.05) is 19.5 Å². The number of aliphatic hydroxyl groups excluding tert-OH is 1. The number of carbonyl (C=O) groups is 2. The van der Waals surface area contributed by atoms with E-state index in [9.17, 15) is 14.7 Å². The molecule has 1 unspecified atom stereocenters. The van der Waals surface area contributed by atoms with Gasteiger partial charge >= 0.3 is 0 Å². The highest BCUT2D eigenvalue weighted by Crippen LogP contribution is 2.12. The molecule has 0 bridgehead atoms. The molecular formula is C11H18N2O4. The average Bonchev–Trinajstić information content (AvgIpc) is 2.76. The first-order valence-corrected chi connectivity index (χ1v) is 5.98. The molecule has 96 valence electrons. The smallest absolute Gasteiger partial charge is 0.243 e. The molecule has 0 aliphatic carbocycles. The Morgan fingerprint density at radius 3 is 2.94 bits per heavy atom. The number of amides is 2. The molecule has 2 aliphatic heterocycles. The molecule has 2 heterocycles. The summed E-state index contributed by atoms with van der Waals surface area (Å²) in [5.74, 6) is -0.239. The lowest BCUT2D eigenvalue weighted by Gasteiger charge is -2.34. The van der Waals surface area contributed by atoms with Gasteiger partial charge in [0.05, 0.1) is 32.4 Å². The largest absolute Gasteiger partial charge is 0.395 e. The summed E-state index contributed by atoms with van der Waals surface area (Å²) in [6.07, 6.45) is 1.23. The lowest BCUT2D eigenvalue weighted by molar-refractivity contribution is -0.144. The molecule has 0 aromatic heterocycles. The molecule has 2 aliphatic rings. The van der Waals surface area contributed by atoms with Crippen molar-refractivity contribution in [2.24, 2.45) is 0 Å². The summed E-state index contributed by atoms with van der Waals surface area (Å²) in [5, 5.41) is 9.18. The normalized spacial score (nSPS) is 26.5. The van der Waals surface area contributed by atoms with Gasteiger partial charge in [-0.1, -0.05) is 0 Å². The van der Waals surface area contributed by atoms with Crippen LogP contribution in [0.3, 0.4) is 0 Å². The summed E-state index contributed by atoms with van der Waals surface area (Å²) in [7, 11) is 0. The van der Waals surface area contributed by atoms with Gasteiger partial charge in [0.1, 0.15) is 0 Å². The van der Waals surface area contributed by atoms with Crippen molar-refractivity contribution in [3.05, 3.63) is 0 Å². The van der Waals surface area contributed by atoms with Gasteiger partial charge in [0.2, 0.25) is 11.8 Å². The van der Waals surface area contributed by atoms with E-state index in [-0.39, 0.29) is 31.0 Å². The second-order valence-corrected chi connectivity index (χ2v) is 4.42. The Bertz CT molecular complexity index is 308. The zero-order valence-electron chi connectivity index (χ0n) is 9.80. The monoisotopic (exact) mass is 242 g/mol. The molecule has 17 heavy (non-hydrogen) atoms. The van der Waals surface area contributed by atoms with Gasteiger partial charge < -0.3 is 9.84 Å². The van der Waals surface area contributed by atoms with Crippen molar-refractivity contribution < 1.29 is 19.4 Å². The molecule has 2 amide bonds. The predicted molar refractivity (Wildman–Crippen MR) is 59.2 cm³/mol. The number of aliphatic hydroxyl groups is 1. The molecule has 2 fully saturated rings. The molecule has 1 N–H and O–H groups in total. The van der Waals surface area contributed by atoms with E-state index < -0.39 is 0 Å². The van der Waals surface area contributed by atoms with Crippen LogP contribution < -0.4 is 0 Å². The number of rotatable bonds is 3. The van der Waals surface area contributed by atoms with E-state index in [1.807, 2.05) is 4.90 Å². The minimum Gasteiger partial charge on any atom is -0.395 e. The van der Waals surface area contributed by atoms with Crippen LogP contribution in [-0.4, -0.2) is 72.2 Å². The fraction of sp³-hybridized carbons (Fsp3) is 0.818. The summed E-state index contributed by atoms with van der Waals surface area (Å²) < 4.78 is 5.24. The zero-order valence-corrected chi connectivity index (χ0v) is 9.80. The Morgan fingerprint density at radius 1 is 1.47 bits per heavy atom. The first-order chi connectivity index (χ1) is 8.22. The SMILES string of the molecule is O=C1CCCN1C(=O)CN1CCOCC1CO. The van der Waals surface area contributed by atoms with Gasteiger partial charge in [-0.15, -0.1) is 0 Å². The van der Waals surface area contributed by atoms with Crippen LogP contribution >= 0.6 is 0 Å². The summed E-state index contributed by atoms with van der Waals surface area (Å²) in [6, 6.07) is -0.134. The summed E-state index contributed by atoms with van der Waals surface area (Å²) in [6.45, 7) is 2.34. The third-order valence-electron chi connectivity index (χ3n) is 3.27. The predicted octanol–water partition coefficient (Wildman–Crippen LogP) is -1.17. The molecule has 0 aromatic carbocycles. The van der Waals surface area contributed by atoms with E-state index in [0.717, 1.165) is 6.42 Å². The summed E-state index contributed by atoms with van der Waals surface area (Å²) in [4.78, 5) is 26.6. The van der Waals surface area contributed by atoms with Crippen molar-refractivity contribution in [3.63, 3.8) is 0 Å². The highest BCUT2D eigenvalue weighted by Gasteiger charge is 2.30. The van der Waals surface area contributed by atoms with Gasteiger partial charge in [-0.05, 0) is 6.42 Å². The van der Waals surface area contributed by atoms with Gasteiger partial charge in [0.15, 0.2) is 0 Å². The van der Waals surface area contributed by atoms with Crippen LogP contribution in [0, 0.1) is 0 Å². The van der Waals surface area contributed by atoms with Gasteiger partial charge in [0.25, 0.3) is 0 Å². The number of imide groups is 1. The quantitative estimate of drug-likeness (QED) is 0.675. The molecular weight excluding hydrogens is 224 g/mol. The maximum atomic E-state index is 11.9. The van der Waals surface area contributed by atoms with Crippen LogP contribution in [0.2, 0.25) is 0 Å². The zero-order chi connectivity index (χ0) is 12.3. The standard InChI is InChI=1S/C11H18N2O4/c14-7-9-8-17-5-4-12(9)6-11(16)13-3-1-2-10(13)15/h9,14H,1-8H2. The van der Waals surface area contributed by atoms with Gasteiger partial charge in [-0.25, -0.2) is 0 Å². The summed E-state index contributed by atoms with van der Waals surface area (Å²) >= 11 is 0. The number of hydrogen-bond acceptors (Lipinski definition) is 5. The fourth-order valence-corrected chi connectivity index (χ4v) is 2.24. The first kappa shape index (κ1) is 12.5. The van der Waals surface area contributed by atoms with Crippen LogP contribution in [0.5, 0.6) is 0 Å². The van der Waals surface area contributed by atoms with E-state index in [2.05, 4.69) is 0 Å². The Hall–Kier alpha value is -0.980. The highest BCUT2D eigenvalue weighted by atomic mass is 16.5. The van der Waals surface area contributed by atoms with Crippen molar-refractivity contribution in [2.75, 3.05) is 39.5 Å². The Morgan fingerprint density at radius 2 is 2.29 bits per heavy atom. The van der Waals surface area contributed by atoms with Crippen molar-refractivity contribution in [2.45, 2.75) is 18.9 Å². The number of morpholine rings is 1. The molecule has 0 saturated carbocycles. The Balaban J connectivity index is 1.90. The lowest BCUT2D eigenvalue weighted by atomic mass is 10.2. The fourth-order valence-electron chi connectivity index (χ4n) is 2.24. The lowest BCUT2D eigenvalue weighted by Crippen LogP contribution is -2.52. The third-order valence-corrected chi connectivity index (χ3v) is 3.27. The molecule has 0 radical (unpaired) electrons. The van der Waals surface area contributed by atoms with E-state index in [4.69, 9.17) is 4.74 Å². The number of carbonyl (C=O) groups excluding carboxylic acids is 2. The minimum atomic E-state index is -0.159. The third kappa shape index (κ3) is 2.83.